The fraction of sp³-hybridized carbons (Fsp3) is 0.348. The lowest BCUT2D eigenvalue weighted by Gasteiger charge is -2.28. The molecule has 1 atom stereocenters. The molecule has 0 bridgehead atoms. The molecule has 2 amide bonds. The molecule has 1 aliphatic rings. The number of hydrazone groups is 1. The second-order valence-electron chi connectivity index (χ2n) is 7.11. The lowest BCUT2D eigenvalue weighted by Crippen LogP contribution is -2.34. The highest BCUT2D eigenvalue weighted by molar-refractivity contribution is 8.14. The van der Waals surface area contributed by atoms with E-state index in [2.05, 4.69) is 15.2 Å². The Kier molecular flexibility index (Phi) is 8.69. The van der Waals surface area contributed by atoms with Crippen molar-refractivity contribution < 1.29 is 32.6 Å². The molecular formula is C23H25F2N3O5S. The van der Waals surface area contributed by atoms with Crippen LogP contribution in [-0.4, -0.2) is 47.6 Å². The molecule has 3 rings (SSSR count). The predicted molar refractivity (Wildman–Crippen MR) is 126 cm³/mol. The largest absolute Gasteiger partial charge is 0.493 e. The van der Waals surface area contributed by atoms with Gasteiger partial charge in [-0.15, -0.1) is 0 Å². The van der Waals surface area contributed by atoms with Crippen molar-refractivity contribution in [2.24, 2.45) is 5.10 Å². The van der Waals surface area contributed by atoms with Crippen molar-refractivity contribution in [3.05, 3.63) is 53.6 Å². The first-order chi connectivity index (χ1) is 16.3. The van der Waals surface area contributed by atoms with Crippen molar-refractivity contribution in [2.75, 3.05) is 19.0 Å². The summed E-state index contributed by atoms with van der Waals surface area (Å²) < 4.78 is 39.9. The third-order valence-corrected chi connectivity index (χ3v) is 6.10. The second-order valence-corrected chi connectivity index (χ2v) is 8.26. The van der Waals surface area contributed by atoms with Gasteiger partial charge in [-0.1, -0.05) is 30.8 Å². The number of benzene rings is 2. The minimum Gasteiger partial charge on any atom is -0.493 e. The molecule has 0 saturated carbocycles. The van der Waals surface area contributed by atoms with Crippen LogP contribution < -0.4 is 14.8 Å². The lowest BCUT2D eigenvalue weighted by molar-refractivity contribution is -0.0512. The second kappa shape index (κ2) is 11.7. The summed E-state index contributed by atoms with van der Waals surface area (Å²) >= 11 is 1.15. The van der Waals surface area contributed by atoms with Gasteiger partial charge in [0, 0.05) is 11.3 Å². The van der Waals surface area contributed by atoms with E-state index in [0.717, 1.165) is 17.3 Å². The zero-order valence-electron chi connectivity index (χ0n) is 18.9. The van der Waals surface area contributed by atoms with Gasteiger partial charge in [0.05, 0.1) is 31.2 Å². The molecule has 2 aromatic carbocycles. The van der Waals surface area contributed by atoms with Crippen LogP contribution in [0.5, 0.6) is 11.5 Å². The van der Waals surface area contributed by atoms with Crippen LogP contribution in [0.1, 0.15) is 31.4 Å². The number of methoxy groups -OCH3 is 1. The summed E-state index contributed by atoms with van der Waals surface area (Å²) in [5.41, 5.74) is 2.65. The normalized spacial score (nSPS) is 15.7. The van der Waals surface area contributed by atoms with Gasteiger partial charge in [0.25, 0.3) is 0 Å². The van der Waals surface area contributed by atoms with Crippen molar-refractivity contribution in [1.82, 2.24) is 5.01 Å². The highest BCUT2D eigenvalue weighted by Gasteiger charge is 2.30. The van der Waals surface area contributed by atoms with Crippen LogP contribution in [0.2, 0.25) is 0 Å². The van der Waals surface area contributed by atoms with Crippen LogP contribution in [0, 0.1) is 0 Å². The third kappa shape index (κ3) is 6.37. The average molecular weight is 494 g/mol. The lowest BCUT2D eigenvalue weighted by atomic mass is 10.0. The van der Waals surface area contributed by atoms with Crippen molar-refractivity contribution >= 4 is 34.5 Å². The SMILES string of the molecule is CCOC(=O)Nc1ccc(CN2N=C(c3ccc(OC(F)F)c(OC)c3)C(CC)SC2=O)cc1. The number of hydrogen-bond donors (Lipinski definition) is 1. The number of carbonyl (C=O) groups is 2. The van der Waals surface area contributed by atoms with Crippen molar-refractivity contribution in [1.29, 1.82) is 0 Å². The Balaban J connectivity index is 1.82. The summed E-state index contributed by atoms with van der Waals surface area (Å²) in [4.78, 5) is 24.3. The molecular weight excluding hydrogens is 468 g/mol. The topological polar surface area (TPSA) is 89.5 Å². The van der Waals surface area contributed by atoms with E-state index in [1.165, 1.54) is 18.2 Å². The number of thioether (sulfide) groups is 1. The van der Waals surface area contributed by atoms with E-state index in [9.17, 15) is 18.4 Å². The summed E-state index contributed by atoms with van der Waals surface area (Å²) in [6.45, 7) is 1.17. The molecule has 182 valence electrons. The Labute approximate surface area is 200 Å². The average Bonchev–Trinajstić information content (AvgIpc) is 2.81. The molecule has 0 fully saturated rings. The number of nitrogens with zero attached hydrogens (tertiary/aromatic N) is 2. The Hall–Kier alpha value is -3.34. The van der Waals surface area contributed by atoms with E-state index in [0.29, 0.717) is 23.4 Å². The first-order valence-corrected chi connectivity index (χ1v) is 11.4. The summed E-state index contributed by atoms with van der Waals surface area (Å²) in [6, 6.07) is 11.6. The highest BCUT2D eigenvalue weighted by Crippen LogP contribution is 2.34. The van der Waals surface area contributed by atoms with Gasteiger partial charge in [-0.3, -0.25) is 10.1 Å². The van der Waals surface area contributed by atoms with E-state index in [-0.39, 0.29) is 35.1 Å². The summed E-state index contributed by atoms with van der Waals surface area (Å²) in [6.07, 6.45) is 0.104. The molecule has 0 saturated heterocycles. The number of rotatable bonds is 9. The molecule has 2 aromatic rings. The molecule has 1 unspecified atom stereocenters. The van der Waals surface area contributed by atoms with Crippen molar-refractivity contribution in [3.63, 3.8) is 0 Å². The number of nitrogens with one attached hydrogen (secondary N) is 1. The molecule has 0 aliphatic carbocycles. The number of alkyl halides is 2. The van der Waals surface area contributed by atoms with Gasteiger partial charge in [0.15, 0.2) is 11.5 Å². The first-order valence-electron chi connectivity index (χ1n) is 10.6. The van der Waals surface area contributed by atoms with Gasteiger partial charge in [-0.2, -0.15) is 13.9 Å². The van der Waals surface area contributed by atoms with Crippen LogP contribution in [0.25, 0.3) is 0 Å². The van der Waals surface area contributed by atoms with E-state index in [4.69, 9.17) is 9.47 Å². The fourth-order valence-electron chi connectivity index (χ4n) is 3.27. The quantitative estimate of drug-likeness (QED) is 0.481. The molecule has 0 aromatic heterocycles. The van der Waals surface area contributed by atoms with E-state index in [1.807, 2.05) is 6.92 Å². The van der Waals surface area contributed by atoms with E-state index < -0.39 is 12.7 Å². The zero-order chi connectivity index (χ0) is 24.7. The maximum atomic E-state index is 12.7. The Morgan fingerprint density at radius 3 is 2.53 bits per heavy atom. The van der Waals surface area contributed by atoms with Crippen LogP contribution in [0.3, 0.4) is 0 Å². The maximum Gasteiger partial charge on any atom is 0.411 e. The van der Waals surface area contributed by atoms with Gasteiger partial charge in [-0.05, 0) is 49.2 Å². The van der Waals surface area contributed by atoms with Gasteiger partial charge >= 0.3 is 17.9 Å². The van der Waals surface area contributed by atoms with Crippen molar-refractivity contribution in [3.8, 4) is 11.5 Å². The number of ether oxygens (including phenoxy) is 3. The Bertz CT molecular complexity index is 1050. The monoisotopic (exact) mass is 493 g/mol. The summed E-state index contributed by atoms with van der Waals surface area (Å²) in [5.74, 6) is 0.0660. The van der Waals surface area contributed by atoms with E-state index >= 15 is 0 Å². The molecule has 0 spiro atoms. The maximum absolute atomic E-state index is 12.7. The van der Waals surface area contributed by atoms with Gasteiger partial charge in [0.1, 0.15) is 0 Å². The van der Waals surface area contributed by atoms with Crippen molar-refractivity contribution in [2.45, 2.75) is 38.7 Å². The van der Waals surface area contributed by atoms with Crippen LogP contribution >= 0.6 is 11.8 Å². The van der Waals surface area contributed by atoms with Gasteiger partial charge in [-0.25, -0.2) is 9.80 Å². The minimum atomic E-state index is -2.97. The van der Waals surface area contributed by atoms with E-state index in [1.54, 1.807) is 43.3 Å². The molecule has 8 nitrogen and oxygen atoms in total. The number of hydrogen-bond acceptors (Lipinski definition) is 7. The standard InChI is InChI=1S/C23H25F2N3O5S/c1-4-19-20(15-8-11-17(33-21(24)25)18(12-15)31-3)27-28(23(30)34-19)13-14-6-9-16(10-7-14)26-22(29)32-5-2/h6-12,19,21H,4-5,13H2,1-3H3,(H,26,29). The van der Waals surface area contributed by atoms with Gasteiger partial charge < -0.3 is 14.2 Å². The Morgan fingerprint density at radius 2 is 1.91 bits per heavy atom. The summed E-state index contributed by atoms with van der Waals surface area (Å²) in [5, 5.41) is 8.15. The number of halogens is 2. The molecule has 34 heavy (non-hydrogen) atoms. The molecule has 1 N–H and O–H groups in total. The van der Waals surface area contributed by atoms with Crippen LogP contribution in [0.4, 0.5) is 24.1 Å². The van der Waals surface area contributed by atoms with Crippen LogP contribution in [-0.2, 0) is 11.3 Å². The fourth-order valence-corrected chi connectivity index (χ4v) is 4.20. The molecule has 0 radical (unpaired) electrons. The number of anilines is 1. The molecule has 11 heteroatoms. The highest BCUT2D eigenvalue weighted by atomic mass is 32.2. The van der Waals surface area contributed by atoms with Crippen LogP contribution in [0.15, 0.2) is 47.6 Å². The predicted octanol–water partition coefficient (Wildman–Crippen LogP) is 5.72. The number of carbonyl (C=O) groups excluding carboxylic acids is 2. The zero-order valence-corrected chi connectivity index (χ0v) is 19.7. The third-order valence-electron chi connectivity index (χ3n) is 4.84. The number of amides is 2. The van der Waals surface area contributed by atoms with Gasteiger partial charge in [0.2, 0.25) is 0 Å². The molecule has 1 aliphatic heterocycles. The minimum absolute atomic E-state index is 0.0807. The smallest absolute Gasteiger partial charge is 0.411 e. The Morgan fingerprint density at radius 1 is 1.18 bits per heavy atom. The molecule has 1 heterocycles. The summed E-state index contributed by atoms with van der Waals surface area (Å²) in [7, 11) is 1.36. The first kappa shape index (κ1) is 25.3.